The summed E-state index contributed by atoms with van der Waals surface area (Å²) < 4.78 is 0. The van der Waals surface area contributed by atoms with Crippen molar-refractivity contribution in [1.29, 1.82) is 0 Å². The lowest BCUT2D eigenvalue weighted by atomic mass is 10.3. The van der Waals surface area contributed by atoms with E-state index in [-0.39, 0.29) is 24.1 Å². The van der Waals surface area contributed by atoms with E-state index in [1.54, 1.807) is 11.4 Å². The fourth-order valence-electron chi connectivity index (χ4n) is 0.900. The molecule has 0 bridgehead atoms. The minimum absolute atomic E-state index is 0.0652. The second kappa shape index (κ2) is 5.09. The predicted molar refractivity (Wildman–Crippen MR) is 57.1 cm³/mol. The Kier molecular flexibility index (Phi) is 4.06. The largest absolute Gasteiger partial charge is 0.324 e. The maximum absolute atomic E-state index is 11.3. The van der Waals surface area contributed by atoms with Crippen LogP contribution in [0, 0.1) is 0 Å². The average molecular weight is 233 g/mol. The second-order valence-corrected chi connectivity index (χ2v) is 3.66. The standard InChI is InChI=1S/C8H9ClN2O2S/c9-3-7(13)11-5-1-2-14-8(5)6(12)4-10/h1-2H,3-4,10H2,(H,11,13). The second-order valence-electron chi connectivity index (χ2n) is 2.47. The van der Waals surface area contributed by atoms with Crippen LogP contribution in [0.1, 0.15) is 9.67 Å². The van der Waals surface area contributed by atoms with Crippen LogP contribution in [0.4, 0.5) is 5.69 Å². The highest BCUT2D eigenvalue weighted by Crippen LogP contribution is 2.22. The number of halogens is 1. The summed E-state index contributed by atoms with van der Waals surface area (Å²) in [4.78, 5) is 22.7. The van der Waals surface area contributed by atoms with Gasteiger partial charge in [-0.2, -0.15) is 0 Å². The number of rotatable bonds is 4. The zero-order valence-corrected chi connectivity index (χ0v) is 8.82. The minimum atomic E-state index is -0.337. The van der Waals surface area contributed by atoms with Crippen LogP contribution in [0.15, 0.2) is 11.4 Å². The van der Waals surface area contributed by atoms with E-state index in [0.717, 1.165) is 0 Å². The van der Waals surface area contributed by atoms with Crippen LogP contribution in [0.25, 0.3) is 0 Å². The highest BCUT2D eigenvalue weighted by Gasteiger charge is 2.12. The summed E-state index contributed by atoms with van der Waals surface area (Å²) in [6.45, 7) is -0.0652. The van der Waals surface area contributed by atoms with Crippen LogP contribution in [0.2, 0.25) is 0 Å². The zero-order valence-electron chi connectivity index (χ0n) is 7.25. The third-order valence-corrected chi connectivity index (χ3v) is 2.70. The average Bonchev–Trinajstić information content (AvgIpc) is 2.64. The number of nitrogens with two attached hydrogens (primary N) is 1. The third-order valence-electron chi connectivity index (χ3n) is 1.50. The number of nitrogens with one attached hydrogen (secondary N) is 1. The van der Waals surface area contributed by atoms with Gasteiger partial charge in [0.25, 0.3) is 0 Å². The molecular formula is C8H9ClN2O2S. The van der Waals surface area contributed by atoms with Gasteiger partial charge in [0, 0.05) is 0 Å². The summed E-state index contributed by atoms with van der Waals surface area (Å²) in [7, 11) is 0. The number of ketones is 1. The molecule has 76 valence electrons. The summed E-state index contributed by atoms with van der Waals surface area (Å²) in [5.41, 5.74) is 5.70. The van der Waals surface area contributed by atoms with Gasteiger partial charge in [0.2, 0.25) is 5.91 Å². The van der Waals surface area contributed by atoms with Gasteiger partial charge in [-0.15, -0.1) is 22.9 Å². The maximum Gasteiger partial charge on any atom is 0.239 e. The van der Waals surface area contributed by atoms with Gasteiger partial charge in [0.1, 0.15) is 5.88 Å². The first kappa shape index (κ1) is 11.2. The molecule has 1 aromatic rings. The Bertz CT molecular complexity index is 351. The monoisotopic (exact) mass is 232 g/mol. The van der Waals surface area contributed by atoms with Gasteiger partial charge in [-0.25, -0.2) is 0 Å². The van der Waals surface area contributed by atoms with E-state index >= 15 is 0 Å². The number of alkyl halides is 1. The molecule has 1 rings (SSSR count). The summed E-state index contributed by atoms with van der Waals surface area (Å²) in [5.74, 6) is -0.660. The molecule has 1 aromatic heterocycles. The van der Waals surface area contributed by atoms with Gasteiger partial charge in [-0.1, -0.05) is 0 Å². The summed E-state index contributed by atoms with van der Waals surface area (Å²) >= 11 is 6.56. The Balaban J connectivity index is 2.82. The van der Waals surface area contributed by atoms with Crippen LogP contribution < -0.4 is 11.1 Å². The van der Waals surface area contributed by atoms with Crippen molar-refractivity contribution < 1.29 is 9.59 Å². The van der Waals surface area contributed by atoms with E-state index in [1.807, 2.05) is 0 Å². The van der Waals surface area contributed by atoms with Crippen molar-refractivity contribution in [1.82, 2.24) is 0 Å². The Morgan fingerprint density at radius 2 is 2.29 bits per heavy atom. The first-order valence-corrected chi connectivity index (χ1v) is 5.27. The molecule has 3 N–H and O–H groups in total. The molecule has 0 aliphatic carbocycles. The topological polar surface area (TPSA) is 72.2 Å². The quantitative estimate of drug-likeness (QED) is 0.603. The van der Waals surface area contributed by atoms with Gasteiger partial charge in [0.05, 0.1) is 17.1 Å². The molecule has 0 aliphatic rings. The highest BCUT2D eigenvalue weighted by atomic mass is 35.5. The van der Waals surface area contributed by atoms with Crippen molar-refractivity contribution >= 4 is 40.3 Å². The number of amides is 1. The predicted octanol–water partition coefficient (Wildman–Crippen LogP) is 1.07. The van der Waals surface area contributed by atoms with E-state index in [2.05, 4.69) is 5.32 Å². The molecule has 1 heterocycles. The molecule has 0 atom stereocenters. The van der Waals surface area contributed by atoms with E-state index in [1.165, 1.54) is 11.3 Å². The molecule has 0 aliphatic heterocycles. The first-order chi connectivity index (χ1) is 6.69. The SMILES string of the molecule is NCC(=O)c1sccc1NC(=O)CCl. The van der Waals surface area contributed by atoms with Gasteiger partial charge in [-0.05, 0) is 11.4 Å². The van der Waals surface area contributed by atoms with Crippen molar-refractivity contribution in [3.8, 4) is 0 Å². The molecule has 1 amide bonds. The van der Waals surface area contributed by atoms with Crippen molar-refractivity contribution in [2.45, 2.75) is 0 Å². The fraction of sp³-hybridized carbons (Fsp3) is 0.250. The third kappa shape index (κ3) is 2.54. The Morgan fingerprint density at radius 3 is 2.86 bits per heavy atom. The smallest absolute Gasteiger partial charge is 0.239 e. The molecule has 0 radical (unpaired) electrons. The number of Topliss-reactive ketones (excluding diaryl/α,β-unsaturated/α-hetero) is 1. The van der Waals surface area contributed by atoms with Crippen LogP contribution in [0.3, 0.4) is 0 Å². The van der Waals surface area contributed by atoms with Crippen LogP contribution in [0.5, 0.6) is 0 Å². The molecule has 0 saturated carbocycles. The number of carbonyl (C=O) groups is 2. The minimum Gasteiger partial charge on any atom is -0.324 e. The normalized spacial score (nSPS) is 9.86. The van der Waals surface area contributed by atoms with Crippen molar-refractivity contribution in [3.05, 3.63) is 16.3 Å². The number of carbonyl (C=O) groups excluding carboxylic acids is 2. The lowest BCUT2D eigenvalue weighted by Crippen LogP contribution is -2.17. The highest BCUT2D eigenvalue weighted by molar-refractivity contribution is 7.12. The van der Waals surface area contributed by atoms with E-state index < -0.39 is 0 Å². The molecule has 0 saturated heterocycles. The Morgan fingerprint density at radius 1 is 1.57 bits per heavy atom. The molecule has 0 fully saturated rings. The van der Waals surface area contributed by atoms with Gasteiger partial charge in [-0.3, -0.25) is 9.59 Å². The molecule has 6 heteroatoms. The molecule has 0 unspecified atom stereocenters. The van der Waals surface area contributed by atoms with Crippen molar-refractivity contribution in [2.75, 3.05) is 17.7 Å². The molecular weight excluding hydrogens is 224 g/mol. The lowest BCUT2D eigenvalue weighted by Gasteiger charge is -2.02. The summed E-state index contributed by atoms with van der Waals surface area (Å²) in [5, 5.41) is 4.23. The molecule has 0 spiro atoms. The Hall–Kier alpha value is -0.910. The van der Waals surface area contributed by atoms with E-state index in [9.17, 15) is 9.59 Å². The molecule has 0 aromatic carbocycles. The van der Waals surface area contributed by atoms with Crippen LogP contribution in [-0.2, 0) is 4.79 Å². The Labute approximate surface area is 90.0 Å². The van der Waals surface area contributed by atoms with Crippen LogP contribution in [-0.4, -0.2) is 24.1 Å². The number of hydrogen-bond donors (Lipinski definition) is 2. The molecule has 14 heavy (non-hydrogen) atoms. The summed E-state index contributed by atoms with van der Waals surface area (Å²) in [6.07, 6.45) is 0. The van der Waals surface area contributed by atoms with Gasteiger partial charge >= 0.3 is 0 Å². The van der Waals surface area contributed by atoms with Gasteiger partial charge in [0.15, 0.2) is 5.78 Å². The van der Waals surface area contributed by atoms with Crippen LogP contribution >= 0.6 is 22.9 Å². The number of thiophene rings is 1. The van der Waals surface area contributed by atoms with Crippen molar-refractivity contribution in [3.63, 3.8) is 0 Å². The summed E-state index contributed by atoms with van der Waals surface area (Å²) in [6, 6.07) is 1.65. The van der Waals surface area contributed by atoms with E-state index in [4.69, 9.17) is 17.3 Å². The van der Waals surface area contributed by atoms with E-state index in [0.29, 0.717) is 10.6 Å². The lowest BCUT2D eigenvalue weighted by molar-refractivity contribution is -0.113. The zero-order chi connectivity index (χ0) is 10.6. The van der Waals surface area contributed by atoms with Crippen molar-refractivity contribution in [2.24, 2.45) is 5.73 Å². The maximum atomic E-state index is 11.3. The molecule has 4 nitrogen and oxygen atoms in total. The first-order valence-electron chi connectivity index (χ1n) is 3.85. The number of hydrogen-bond acceptors (Lipinski definition) is 4. The fourth-order valence-corrected chi connectivity index (χ4v) is 1.77. The number of anilines is 1. The van der Waals surface area contributed by atoms with Gasteiger partial charge < -0.3 is 11.1 Å².